The van der Waals surface area contributed by atoms with Gasteiger partial charge in [-0.1, -0.05) is 29.8 Å². The molecule has 1 nitrogen and oxygen atoms in total. The van der Waals surface area contributed by atoms with E-state index in [2.05, 4.69) is 30.4 Å². The lowest BCUT2D eigenvalue weighted by atomic mass is 9.84. The number of nitrogens with one attached hydrogen (secondary N) is 1. The number of hydrogen-bond acceptors (Lipinski definition) is 1. The van der Waals surface area contributed by atoms with Crippen molar-refractivity contribution >= 4 is 0 Å². The van der Waals surface area contributed by atoms with Crippen LogP contribution in [0.1, 0.15) is 36.8 Å². The summed E-state index contributed by atoms with van der Waals surface area (Å²) in [4.78, 5) is 0. The first-order chi connectivity index (χ1) is 8.13. The molecule has 1 N–H and O–H groups in total. The van der Waals surface area contributed by atoms with Crippen LogP contribution in [0.5, 0.6) is 0 Å². The van der Waals surface area contributed by atoms with Gasteiger partial charge in [-0.15, -0.1) is 0 Å². The Bertz CT molecular complexity index is 403. The summed E-state index contributed by atoms with van der Waals surface area (Å²) in [6.45, 7) is 2.07. The molecule has 3 rings (SSSR count). The highest BCUT2D eigenvalue weighted by molar-refractivity contribution is 5.24. The van der Waals surface area contributed by atoms with Gasteiger partial charge in [0.05, 0.1) is 0 Å². The molecule has 2 atom stereocenters. The van der Waals surface area contributed by atoms with Gasteiger partial charge in [-0.05, 0) is 38.2 Å². The molecule has 2 bridgehead atoms. The van der Waals surface area contributed by atoms with Crippen LogP contribution >= 0.6 is 0 Å². The van der Waals surface area contributed by atoms with Gasteiger partial charge in [0.2, 0.25) is 0 Å². The first-order valence-corrected chi connectivity index (χ1v) is 6.63. The Hall–Kier alpha value is -0.890. The molecule has 0 radical (unpaired) electrons. The summed E-state index contributed by atoms with van der Waals surface area (Å²) in [6.07, 6.45) is 4.28. The molecule has 17 heavy (non-hydrogen) atoms. The Morgan fingerprint density at radius 2 is 2.00 bits per heavy atom. The molecule has 2 aliphatic heterocycles. The minimum absolute atomic E-state index is 0.420. The Kier molecular flexibility index (Phi) is 2.70. The van der Waals surface area contributed by atoms with Crippen molar-refractivity contribution in [3.05, 3.63) is 35.4 Å². The summed E-state index contributed by atoms with van der Waals surface area (Å²) in [6, 6.07) is 9.11. The maximum absolute atomic E-state index is 14.9. The van der Waals surface area contributed by atoms with Gasteiger partial charge in [0, 0.05) is 18.5 Å². The summed E-state index contributed by atoms with van der Waals surface area (Å²) in [5, 5.41) is 3.50. The summed E-state index contributed by atoms with van der Waals surface area (Å²) >= 11 is 0. The van der Waals surface area contributed by atoms with Gasteiger partial charge in [-0.2, -0.15) is 0 Å². The number of fused-ring (bicyclic) bond motifs is 2. The molecule has 0 aliphatic carbocycles. The second-order valence-electron chi connectivity index (χ2n) is 5.86. The van der Waals surface area contributed by atoms with E-state index in [0.29, 0.717) is 31.3 Å². The molecule has 0 amide bonds. The van der Waals surface area contributed by atoms with Gasteiger partial charge >= 0.3 is 0 Å². The molecule has 2 unspecified atom stereocenters. The Labute approximate surface area is 102 Å². The summed E-state index contributed by atoms with van der Waals surface area (Å²) in [5.74, 6) is 0. The third-order valence-corrected chi connectivity index (χ3v) is 4.16. The number of aryl methyl sites for hydroxylation is 1. The van der Waals surface area contributed by atoms with Crippen LogP contribution in [0.4, 0.5) is 4.39 Å². The second kappa shape index (κ2) is 4.09. The van der Waals surface area contributed by atoms with Gasteiger partial charge < -0.3 is 5.32 Å². The fourth-order valence-electron chi connectivity index (χ4n) is 3.52. The van der Waals surface area contributed by atoms with Crippen LogP contribution in [0, 0.1) is 6.92 Å². The first kappa shape index (κ1) is 11.2. The van der Waals surface area contributed by atoms with E-state index < -0.39 is 5.67 Å². The normalized spacial score (nSPS) is 36.1. The maximum atomic E-state index is 14.9. The van der Waals surface area contributed by atoms with E-state index in [1.165, 1.54) is 5.56 Å². The molecule has 2 heterocycles. The van der Waals surface area contributed by atoms with E-state index in [0.717, 1.165) is 18.4 Å². The van der Waals surface area contributed by atoms with Crippen molar-refractivity contribution in [1.29, 1.82) is 0 Å². The second-order valence-corrected chi connectivity index (χ2v) is 5.86. The van der Waals surface area contributed by atoms with Crippen molar-refractivity contribution in [3.63, 3.8) is 0 Å². The highest BCUT2D eigenvalue weighted by Gasteiger charge is 2.43. The maximum Gasteiger partial charge on any atom is 0.118 e. The van der Waals surface area contributed by atoms with Gasteiger partial charge in [-0.25, -0.2) is 4.39 Å². The molecule has 92 valence electrons. The number of hydrogen-bond donors (Lipinski definition) is 1. The fraction of sp³-hybridized carbons (Fsp3) is 0.600. The van der Waals surface area contributed by atoms with E-state index in [9.17, 15) is 4.39 Å². The van der Waals surface area contributed by atoms with Crippen LogP contribution < -0.4 is 5.32 Å². The molecule has 1 aromatic rings. The van der Waals surface area contributed by atoms with Gasteiger partial charge in [-0.3, -0.25) is 0 Å². The van der Waals surface area contributed by atoms with E-state index in [1.54, 1.807) is 0 Å². The molecule has 1 aromatic carbocycles. The zero-order chi connectivity index (χ0) is 11.9. The van der Waals surface area contributed by atoms with E-state index in [4.69, 9.17) is 0 Å². The van der Waals surface area contributed by atoms with Crippen LogP contribution in [0.25, 0.3) is 0 Å². The van der Waals surface area contributed by atoms with Crippen molar-refractivity contribution in [2.75, 3.05) is 0 Å². The zero-order valence-electron chi connectivity index (χ0n) is 10.4. The quantitative estimate of drug-likeness (QED) is 0.827. The molecule has 2 aliphatic rings. The lowest BCUT2D eigenvalue weighted by Gasteiger charge is -2.35. The predicted octanol–water partition coefficient (Wildman–Crippen LogP) is 3.16. The molecular weight excluding hydrogens is 213 g/mol. The van der Waals surface area contributed by atoms with E-state index in [-0.39, 0.29) is 0 Å². The molecule has 0 spiro atoms. The third kappa shape index (κ3) is 2.37. The summed E-state index contributed by atoms with van der Waals surface area (Å²) < 4.78 is 14.9. The standard InChI is InChI=1S/C15H20FN/c1-11-3-2-4-12(7-11)8-15(16)9-13-5-6-14(10-15)17-13/h2-4,7,13-14,17H,5-6,8-10H2,1H3. The van der Waals surface area contributed by atoms with Crippen molar-refractivity contribution < 1.29 is 4.39 Å². The number of benzene rings is 1. The molecular formula is C15H20FN. The summed E-state index contributed by atoms with van der Waals surface area (Å²) in [7, 11) is 0. The number of rotatable bonds is 2. The van der Waals surface area contributed by atoms with E-state index >= 15 is 0 Å². The minimum Gasteiger partial charge on any atom is -0.311 e. The smallest absolute Gasteiger partial charge is 0.118 e. The minimum atomic E-state index is -0.981. The number of halogens is 1. The molecule has 0 saturated carbocycles. The number of alkyl halides is 1. The van der Waals surface area contributed by atoms with Gasteiger partial charge in [0.25, 0.3) is 0 Å². The van der Waals surface area contributed by atoms with Crippen molar-refractivity contribution in [1.82, 2.24) is 5.32 Å². The Morgan fingerprint density at radius 3 is 2.65 bits per heavy atom. The largest absolute Gasteiger partial charge is 0.311 e. The Balaban J connectivity index is 1.76. The highest BCUT2D eigenvalue weighted by Crippen LogP contribution is 2.38. The average molecular weight is 233 g/mol. The SMILES string of the molecule is Cc1cccc(CC2(F)CC3CCC(C2)N3)c1. The highest BCUT2D eigenvalue weighted by atomic mass is 19.1. The summed E-state index contributed by atoms with van der Waals surface area (Å²) in [5.41, 5.74) is 1.39. The molecule has 2 saturated heterocycles. The molecule has 2 heteroatoms. The molecule has 0 aromatic heterocycles. The number of piperidine rings is 1. The third-order valence-electron chi connectivity index (χ3n) is 4.16. The first-order valence-electron chi connectivity index (χ1n) is 6.63. The topological polar surface area (TPSA) is 12.0 Å². The van der Waals surface area contributed by atoms with Crippen LogP contribution in [-0.4, -0.2) is 17.8 Å². The Morgan fingerprint density at radius 1 is 1.29 bits per heavy atom. The van der Waals surface area contributed by atoms with E-state index in [1.807, 2.05) is 6.07 Å². The van der Waals surface area contributed by atoms with Gasteiger partial charge in [0.15, 0.2) is 0 Å². The van der Waals surface area contributed by atoms with Crippen LogP contribution in [0.15, 0.2) is 24.3 Å². The lowest BCUT2D eigenvalue weighted by Crippen LogP contribution is -2.47. The monoisotopic (exact) mass is 233 g/mol. The van der Waals surface area contributed by atoms with Gasteiger partial charge in [0.1, 0.15) is 5.67 Å². The fourth-order valence-corrected chi connectivity index (χ4v) is 3.52. The van der Waals surface area contributed by atoms with Crippen LogP contribution in [0.3, 0.4) is 0 Å². The van der Waals surface area contributed by atoms with Crippen LogP contribution in [-0.2, 0) is 6.42 Å². The van der Waals surface area contributed by atoms with Crippen molar-refractivity contribution in [2.45, 2.75) is 56.8 Å². The van der Waals surface area contributed by atoms with Crippen molar-refractivity contribution in [2.24, 2.45) is 0 Å². The average Bonchev–Trinajstić information content (AvgIpc) is 2.58. The molecule has 2 fully saturated rings. The lowest BCUT2D eigenvalue weighted by molar-refractivity contribution is 0.0894. The zero-order valence-corrected chi connectivity index (χ0v) is 10.4. The van der Waals surface area contributed by atoms with Crippen molar-refractivity contribution in [3.8, 4) is 0 Å². The van der Waals surface area contributed by atoms with Crippen LogP contribution in [0.2, 0.25) is 0 Å². The predicted molar refractivity (Wildman–Crippen MR) is 67.9 cm³/mol.